The molecule has 0 saturated heterocycles. The van der Waals surface area contributed by atoms with Gasteiger partial charge in [0.05, 0.1) is 0 Å². The van der Waals surface area contributed by atoms with Gasteiger partial charge in [-0.1, -0.05) is 39.3 Å². The molecule has 1 nitrogen and oxygen atoms in total. The van der Waals surface area contributed by atoms with Crippen molar-refractivity contribution >= 4 is 17.4 Å². The summed E-state index contributed by atoms with van der Waals surface area (Å²) in [6, 6.07) is 5.53. The van der Waals surface area contributed by atoms with Gasteiger partial charge in [-0.2, -0.15) is 0 Å². The highest BCUT2D eigenvalue weighted by atomic mass is 35.5. The molecule has 82 valence electrons. The maximum atomic E-state index is 11.8. The van der Waals surface area contributed by atoms with Crippen LogP contribution in [-0.4, -0.2) is 5.78 Å². The molecular weight excluding hydrogens is 208 g/mol. The fraction of sp³-hybridized carbons (Fsp3) is 0.462. The van der Waals surface area contributed by atoms with Crippen molar-refractivity contribution in [2.24, 2.45) is 5.92 Å². The van der Waals surface area contributed by atoms with Crippen molar-refractivity contribution in [3.8, 4) is 0 Å². The van der Waals surface area contributed by atoms with E-state index in [1.807, 2.05) is 26.0 Å². The lowest BCUT2D eigenvalue weighted by atomic mass is 9.95. The molecule has 2 heteroatoms. The van der Waals surface area contributed by atoms with Gasteiger partial charge < -0.3 is 0 Å². The standard InChI is InChI=1S/C13H17ClO/c1-8(2)11-7-10(5-6-12(11)14)13(15)9(3)4/h5-9H,1-4H3. The van der Waals surface area contributed by atoms with E-state index in [1.54, 1.807) is 6.07 Å². The van der Waals surface area contributed by atoms with E-state index in [1.165, 1.54) is 0 Å². The summed E-state index contributed by atoms with van der Waals surface area (Å²) >= 11 is 6.06. The number of carbonyl (C=O) groups is 1. The molecular formula is C13H17ClO. The van der Waals surface area contributed by atoms with Crippen molar-refractivity contribution in [2.75, 3.05) is 0 Å². The Bertz CT molecular complexity index is 367. The van der Waals surface area contributed by atoms with Gasteiger partial charge in [0.1, 0.15) is 0 Å². The van der Waals surface area contributed by atoms with E-state index in [-0.39, 0.29) is 11.7 Å². The number of rotatable bonds is 3. The Morgan fingerprint density at radius 2 is 1.80 bits per heavy atom. The van der Waals surface area contributed by atoms with E-state index in [0.29, 0.717) is 5.92 Å². The van der Waals surface area contributed by atoms with Crippen LogP contribution in [0, 0.1) is 5.92 Å². The molecule has 0 aliphatic carbocycles. The molecule has 0 bridgehead atoms. The zero-order valence-electron chi connectivity index (χ0n) is 9.67. The minimum absolute atomic E-state index is 0.0335. The molecule has 0 saturated carbocycles. The molecule has 0 N–H and O–H groups in total. The molecule has 1 rings (SSSR count). The maximum Gasteiger partial charge on any atom is 0.165 e. The van der Waals surface area contributed by atoms with Crippen LogP contribution in [0.4, 0.5) is 0 Å². The number of hydrogen-bond donors (Lipinski definition) is 0. The van der Waals surface area contributed by atoms with Crippen molar-refractivity contribution in [1.29, 1.82) is 0 Å². The van der Waals surface area contributed by atoms with Gasteiger partial charge in [0, 0.05) is 16.5 Å². The number of ketones is 1. The van der Waals surface area contributed by atoms with Crippen LogP contribution < -0.4 is 0 Å². The third kappa shape index (κ3) is 2.82. The smallest absolute Gasteiger partial charge is 0.165 e. The summed E-state index contributed by atoms with van der Waals surface area (Å²) in [4.78, 5) is 11.8. The predicted molar refractivity (Wildman–Crippen MR) is 64.7 cm³/mol. The van der Waals surface area contributed by atoms with Crippen molar-refractivity contribution in [2.45, 2.75) is 33.6 Å². The zero-order valence-corrected chi connectivity index (χ0v) is 10.4. The molecule has 0 aromatic heterocycles. The molecule has 0 radical (unpaired) electrons. The molecule has 0 aliphatic heterocycles. The van der Waals surface area contributed by atoms with Gasteiger partial charge in [-0.3, -0.25) is 4.79 Å². The molecule has 1 aromatic carbocycles. The minimum Gasteiger partial charge on any atom is -0.294 e. The summed E-state index contributed by atoms with van der Waals surface area (Å²) in [5.74, 6) is 0.553. The SMILES string of the molecule is CC(C)C(=O)c1ccc(Cl)c(C(C)C)c1. The highest BCUT2D eigenvalue weighted by Crippen LogP contribution is 2.26. The van der Waals surface area contributed by atoms with E-state index >= 15 is 0 Å². The van der Waals surface area contributed by atoms with Gasteiger partial charge in [0.25, 0.3) is 0 Å². The van der Waals surface area contributed by atoms with Gasteiger partial charge in [-0.25, -0.2) is 0 Å². The van der Waals surface area contributed by atoms with E-state index < -0.39 is 0 Å². The second kappa shape index (κ2) is 4.80. The summed E-state index contributed by atoms with van der Waals surface area (Å²) in [7, 11) is 0. The Balaban J connectivity index is 3.13. The number of Topliss-reactive ketones (excluding diaryl/α,β-unsaturated/α-hetero) is 1. The molecule has 0 unspecified atom stereocenters. The van der Waals surface area contributed by atoms with Crippen LogP contribution in [0.25, 0.3) is 0 Å². The predicted octanol–water partition coefficient (Wildman–Crippen LogP) is 4.30. The average Bonchev–Trinajstić information content (AvgIpc) is 2.16. The van der Waals surface area contributed by atoms with Gasteiger partial charge in [0.2, 0.25) is 0 Å². The van der Waals surface area contributed by atoms with Crippen molar-refractivity contribution in [1.82, 2.24) is 0 Å². The fourth-order valence-corrected chi connectivity index (χ4v) is 1.81. The van der Waals surface area contributed by atoms with Gasteiger partial charge in [0.15, 0.2) is 5.78 Å². The second-order valence-corrected chi connectivity index (χ2v) is 4.82. The van der Waals surface area contributed by atoms with Crippen LogP contribution in [0.15, 0.2) is 18.2 Å². The molecule has 1 aromatic rings. The van der Waals surface area contributed by atoms with Crippen LogP contribution in [0.3, 0.4) is 0 Å². The van der Waals surface area contributed by atoms with Crippen LogP contribution >= 0.6 is 11.6 Å². The number of benzene rings is 1. The molecule has 0 amide bonds. The Morgan fingerprint density at radius 1 is 1.20 bits per heavy atom. The largest absolute Gasteiger partial charge is 0.294 e. The van der Waals surface area contributed by atoms with Gasteiger partial charge in [-0.15, -0.1) is 0 Å². The van der Waals surface area contributed by atoms with E-state index in [2.05, 4.69) is 13.8 Å². The molecule has 0 fully saturated rings. The Labute approximate surface area is 96.5 Å². The zero-order chi connectivity index (χ0) is 11.6. The quantitative estimate of drug-likeness (QED) is 0.700. The molecule has 0 aliphatic rings. The number of halogens is 1. The lowest BCUT2D eigenvalue weighted by Gasteiger charge is -2.11. The van der Waals surface area contributed by atoms with Crippen LogP contribution in [0.1, 0.15) is 49.5 Å². The summed E-state index contributed by atoms with van der Waals surface area (Å²) in [6.45, 7) is 7.97. The first-order valence-electron chi connectivity index (χ1n) is 5.27. The first-order chi connectivity index (χ1) is 6.93. The number of carbonyl (C=O) groups excluding carboxylic acids is 1. The first-order valence-corrected chi connectivity index (χ1v) is 5.65. The maximum absolute atomic E-state index is 11.8. The monoisotopic (exact) mass is 224 g/mol. The van der Waals surface area contributed by atoms with Crippen molar-refractivity contribution in [3.05, 3.63) is 34.3 Å². The third-order valence-electron chi connectivity index (χ3n) is 2.43. The number of hydrogen-bond acceptors (Lipinski definition) is 1. The highest BCUT2D eigenvalue weighted by molar-refractivity contribution is 6.31. The topological polar surface area (TPSA) is 17.1 Å². The Hall–Kier alpha value is -0.820. The van der Waals surface area contributed by atoms with Gasteiger partial charge in [-0.05, 0) is 29.7 Å². The molecule has 15 heavy (non-hydrogen) atoms. The van der Waals surface area contributed by atoms with Crippen LogP contribution in [0.5, 0.6) is 0 Å². The summed E-state index contributed by atoms with van der Waals surface area (Å²) < 4.78 is 0. The Kier molecular flexibility index (Phi) is 3.92. The summed E-state index contributed by atoms with van der Waals surface area (Å²) in [5, 5.41) is 0.741. The first kappa shape index (κ1) is 12.3. The molecule has 0 atom stereocenters. The van der Waals surface area contributed by atoms with E-state index in [4.69, 9.17) is 11.6 Å². The fourth-order valence-electron chi connectivity index (χ4n) is 1.47. The van der Waals surface area contributed by atoms with Gasteiger partial charge >= 0.3 is 0 Å². The summed E-state index contributed by atoms with van der Waals surface area (Å²) in [6.07, 6.45) is 0. The van der Waals surface area contributed by atoms with Crippen molar-refractivity contribution in [3.63, 3.8) is 0 Å². The van der Waals surface area contributed by atoms with E-state index in [9.17, 15) is 4.79 Å². The van der Waals surface area contributed by atoms with E-state index in [0.717, 1.165) is 16.1 Å². The molecule has 0 heterocycles. The Morgan fingerprint density at radius 3 is 2.27 bits per heavy atom. The van der Waals surface area contributed by atoms with Crippen LogP contribution in [-0.2, 0) is 0 Å². The average molecular weight is 225 g/mol. The third-order valence-corrected chi connectivity index (χ3v) is 2.77. The summed E-state index contributed by atoms with van der Waals surface area (Å²) in [5.41, 5.74) is 1.81. The molecule has 0 spiro atoms. The normalized spacial score (nSPS) is 11.1. The second-order valence-electron chi connectivity index (χ2n) is 4.41. The van der Waals surface area contributed by atoms with Crippen molar-refractivity contribution < 1.29 is 4.79 Å². The minimum atomic E-state index is 0.0335. The lowest BCUT2D eigenvalue weighted by molar-refractivity contribution is 0.0939. The highest BCUT2D eigenvalue weighted by Gasteiger charge is 2.13. The lowest BCUT2D eigenvalue weighted by Crippen LogP contribution is -2.08. The van der Waals surface area contributed by atoms with Crippen LogP contribution in [0.2, 0.25) is 5.02 Å².